The molecule has 0 bridgehead atoms. The molecule has 118 valence electrons. The number of ether oxygens (including phenoxy) is 1. The summed E-state index contributed by atoms with van der Waals surface area (Å²) in [5.74, 6) is 0.299. The highest BCUT2D eigenvalue weighted by atomic mass is 16.6. The van der Waals surface area contributed by atoms with E-state index in [1.54, 1.807) is 0 Å². The van der Waals surface area contributed by atoms with Crippen LogP contribution in [0.4, 0.5) is 0 Å². The van der Waals surface area contributed by atoms with Crippen LogP contribution in [0, 0.1) is 16.7 Å². The van der Waals surface area contributed by atoms with Crippen molar-refractivity contribution in [1.29, 1.82) is 0 Å². The van der Waals surface area contributed by atoms with Gasteiger partial charge in [-0.15, -0.1) is 0 Å². The summed E-state index contributed by atoms with van der Waals surface area (Å²) in [5, 5.41) is 0. The van der Waals surface area contributed by atoms with E-state index in [0.29, 0.717) is 5.92 Å². The first kappa shape index (κ1) is 17.5. The van der Waals surface area contributed by atoms with Crippen molar-refractivity contribution in [2.24, 2.45) is 16.7 Å². The lowest BCUT2D eigenvalue weighted by Gasteiger charge is -2.41. The van der Waals surface area contributed by atoms with Crippen LogP contribution in [0.2, 0.25) is 0 Å². The van der Waals surface area contributed by atoms with Crippen LogP contribution >= 0.6 is 0 Å². The van der Waals surface area contributed by atoms with Crippen molar-refractivity contribution < 1.29 is 9.53 Å². The second kappa shape index (κ2) is 6.07. The summed E-state index contributed by atoms with van der Waals surface area (Å²) in [6.07, 6.45) is 6.54. The number of rotatable bonds is 4. The summed E-state index contributed by atoms with van der Waals surface area (Å²) in [7, 11) is 0. The molecular formula is C18H34O2. The predicted octanol–water partition coefficient (Wildman–Crippen LogP) is 5.35. The maximum atomic E-state index is 12.8. The van der Waals surface area contributed by atoms with Gasteiger partial charge in [0.2, 0.25) is 0 Å². The van der Waals surface area contributed by atoms with Crippen LogP contribution in [0.15, 0.2) is 0 Å². The fourth-order valence-electron chi connectivity index (χ4n) is 3.36. The molecule has 0 heterocycles. The molecule has 0 radical (unpaired) electrons. The maximum Gasteiger partial charge on any atom is 0.312 e. The second-order valence-corrected chi connectivity index (χ2v) is 8.71. The van der Waals surface area contributed by atoms with Crippen LogP contribution in [0.25, 0.3) is 0 Å². The second-order valence-electron chi connectivity index (χ2n) is 8.71. The zero-order chi connectivity index (χ0) is 15.6. The molecule has 0 aliphatic heterocycles. The molecule has 0 aromatic heterocycles. The molecule has 1 fully saturated rings. The van der Waals surface area contributed by atoms with Gasteiger partial charge in [0.05, 0.1) is 5.41 Å². The molecule has 0 aromatic rings. The summed E-state index contributed by atoms with van der Waals surface area (Å²) < 4.78 is 6.01. The molecule has 1 saturated carbocycles. The van der Waals surface area contributed by atoms with Gasteiger partial charge < -0.3 is 4.74 Å². The van der Waals surface area contributed by atoms with Crippen molar-refractivity contribution in [1.82, 2.24) is 0 Å². The number of hydrogen-bond donors (Lipinski definition) is 0. The molecule has 1 aliphatic carbocycles. The zero-order valence-corrected chi connectivity index (χ0v) is 14.6. The fourth-order valence-corrected chi connectivity index (χ4v) is 3.36. The van der Waals surface area contributed by atoms with Crippen LogP contribution in [-0.4, -0.2) is 11.6 Å². The monoisotopic (exact) mass is 282 g/mol. The van der Waals surface area contributed by atoms with Crippen LogP contribution in [-0.2, 0) is 9.53 Å². The Kier molecular flexibility index (Phi) is 5.32. The lowest BCUT2D eigenvalue weighted by atomic mass is 9.68. The molecule has 20 heavy (non-hydrogen) atoms. The standard InChI is InChI=1S/C18H34O2/c1-14(2)18(7,13-16(3,4)5)15(19)20-17(6)11-9-8-10-12-17/h14H,8-13H2,1-7H3. The van der Waals surface area contributed by atoms with Gasteiger partial charge in [0, 0.05) is 0 Å². The Morgan fingerprint density at radius 3 is 2.00 bits per heavy atom. The molecule has 1 aliphatic rings. The number of carbonyl (C=O) groups is 1. The van der Waals surface area contributed by atoms with Crippen molar-refractivity contribution in [3.63, 3.8) is 0 Å². The first-order valence-electron chi connectivity index (χ1n) is 8.22. The van der Waals surface area contributed by atoms with Gasteiger partial charge >= 0.3 is 5.97 Å². The first-order chi connectivity index (χ1) is 8.99. The van der Waals surface area contributed by atoms with Gasteiger partial charge in [-0.2, -0.15) is 0 Å². The quantitative estimate of drug-likeness (QED) is 0.650. The van der Waals surface area contributed by atoms with Gasteiger partial charge in [0.1, 0.15) is 5.60 Å². The Morgan fingerprint density at radius 1 is 1.10 bits per heavy atom. The molecule has 1 unspecified atom stereocenters. The average Bonchev–Trinajstić information content (AvgIpc) is 2.26. The van der Waals surface area contributed by atoms with E-state index in [0.717, 1.165) is 19.3 Å². The van der Waals surface area contributed by atoms with Gasteiger partial charge in [0.25, 0.3) is 0 Å². The summed E-state index contributed by atoms with van der Waals surface area (Å²) >= 11 is 0. The van der Waals surface area contributed by atoms with Crippen LogP contribution in [0.1, 0.15) is 87.0 Å². The van der Waals surface area contributed by atoms with Crippen molar-refractivity contribution in [2.45, 2.75) is 92.6 Å². The third kappa shape index (κ3) is 4.49. The summed E-state index contributed by atoms with van der Waals surface area (Å²) in [6.45, 7) is 15.1. The van der Waals surface area contributed by atoms with Crippen molar-refractivity contribution >= 4 is 5.97 Å². The van der Waals surface area contributed by atoms with Gasteiger partial charge in [-0.05, 0) is 57.3 Å². The highest BCUT2D eigenvalue weighted by Crippen LogP contribution is 2.42. The number of carbonyl (C=O) groups excluding carboxylic acids is 1. The van der Waals surface area contributed by atoms with Gasteiger partial charge in [-0.1, -0.05) is 41.0 Å². The Labute approximate surface area is 125 Å². The lowest BCUT2D eigenvalue weighted by Crippen LogP contribution is -2.44. The molecule has 2 heteroatoms. The van der Waals surface area contributed by atoms with E-state index >= 15 is 0 Å². The molecule has 1 rings (SSSR count). The molecule has 0 spiro atoms. The minimum Gasteiger partial charge on any atom is -0.459 e. The van der Waals surface area contributed by atoms with Crippen molar-refractivity contribution in [2.75, 3.05) is 0 Å². The van der Waals surface area contributed by atoms with E-state index < -0.39 is 5.41 Å². The van der Waals surface area contributed by atoms with Crippen LogP contribution in [0.3, 0.4) is 0 Å². The van der Waals surface area contributed by atoms with Gasteiger partial charge in [0.15, 0.2) is 0 Å². The minimum absolute atomic E-state index is 0.00632. The fraction of sp³-hybridized carbons (Fsp3) is 0.944. The van der Waals surface area contributed by atoms with Crippen LogP contribution < -0.4 is 0 Å². The molecular weight excluding hydrogens is 248 g/mol. The lowest BCUT2D eigenvalue weighted by molar-refractivity contribution is -0.178. The third-order valence-electron chi connectivity index (χ3n) is 4.89. The number of hydrogen-bond acceptors (Lipinski definition) is 2. The smallest absolute Gasteiger partial charge is 0.312 e. The summed E-state index contributed by atoms with van der Waals surface area (Å²) in [6, 6.07) is 0. The largest absolute Gasteiger partial charge is 0.459 e. The van der Waals surface area contributed by atoms with E-state index in [2.05, 4.69) is 48.5 Å². The average molecular weight is 282 g/mol. The van der Waals surface area contributed by atoms with E-state index in [4.69, 9.17) is 4.74 Å². The van der Waals surface area contributed by atoms with E-state index in [-0.39, 0.29) is 17.0 Å². The van der Waals surface area contributed by atoms with Crippen molar-refractivity contribution in [3.05, 3.63) is 0 Å². The predicted molar refractivity (Wildman–Crippen MR) is 84.6 cm³/mol. The van der Waals surface area contributed by atoms with E-state index in [9.17, 15) is 4.79 Å². The van der Waals surface area contributed by atoms with Gasteiger partial charge in [-0.25, -0.2) is 0 Å². The highest BCUT2D eigenvalue weighted by Gasteiger charge is 2.44. The van der Waals surface area contributed by atoms with E-state index in [1.807, 2.05) is 0 Å². The number of esters is 1. The topological polar surface area (TPSA) is 26.3 Å². The van der Waals surface area contributed by atoms with Gasteiger partial charge in [-0.3, -0.25) is 4.79 Å². The Morgan fingerprint density at radius 2 is 1.60 bits per heavy atom. The molecule has 0 amide bonds. The molecule has 2 nitrogen and oxygen atoms in total. The molecule has 0 N–H and O–H groups in total. The Hall–Kier alpha value is -0.530. The first-order valence-corrected chi connectivity index (χ1v) is 8.22. The molecule has 0 aromatic carbocycles. The Bertz CT molecular complexity index is 332. The maximum absolute atomic E-state index is 12.8. The SMILES string of the molecule is CC(C)C(C)(CC(C)(C)C)C(=O)OC1(C)CCCCC1. The minimum atomic E-state index is -0.390. The Balaban J connectivity index is 2.84. The summed E-state index contributed by atoms with van der Waals surface area (Å²) in [5.41, 5.74) is -0.492. The normalized spacial score (nSPS) is 22.4. The molecule has 0 saturated heterocycles. The third-order valence-corrected chi connectivity index (χ3v) is 4.89. The molecule has 1 atom stereocenters. The van der Waals surface area contributed by atoms with E-state index in [1.165, 1.54) is 19.3 Å². The zero-order valence-electron chi connectivity index (χ0n) is 14.6. The summed E-state index contributed by atoms with van der Waals surface area (Å²) in [4.78, 5) is 12.8. The van der Waals surface area contributed by atoms with Crippen LogP contribution in [0.5, 0.6) is 0 Å². The highest BCUT2D eigenvalue weighted by molar-refractivity contribution is 5.77. The van der Waals surface area contributed by atoms with Crippen molar-refractivity contribution in [3.8, 4) is 0 Å².